The minimum Gasteiger partial charge on any atom is -0.357 e. The van der Waals surface area contributed by atoms with Crippen molar-refractivity contribution in [3.63, 3.8) is 0 Å². The van der Waals surface area contributed by atoms with Gasteiger partial charge in [-0.15, -0.1) is 11.6 Å². The van der Waals surface area contributed by atoms with Crippen LogP contribution in [0.3, 0.4) is 0 Å². The number of carbonyl (C=O) groups is 3. The van der Waals surface area contributed by atoms with Crippen molar-refractivity contribution >= 4 is 52.3 Å². The van der Waals surface area contributed by atoms with Gasteiger partial charge in [0, 0.05) is 28.2 Å². The zero-order valence-electron chi connectivity index (χ0n) is 20.0. The molecule has 35 heavy (non-hydrogen) atoms. The van der Waals surface area contributed by atoms with Gasteiger partial charge in [0.2, 0.25) is 5.91 Å². The Morgan fingerprint density at radius 3 is 2.49 bits per heavy atom. The van der Waals surface area contributed by atoms with Crippen LogP contribution in [0.4, 0.5) is 11.4 Å². The van der Waals surface area contributed by atoms with Crippen LogP contribution in [0.1, 0.15) is 57.0 Å². The van der Waals surface area contributed by atoms with Crippen molar-refractivity contribution in [2.45, 2.75) is 33.7 Å². The number of nitrogens with one attached hydrogen (secondary N) is 4. The quantitative estimate of drug-likeness (QED) is 0.285. The van der Waals surface area contributed by atoms with Gasteiger partial charge in [-0.1, -0.05) is 29.8 Å². The predicted molar refractivity (Wildman–Crippen MR) is 140 cm³/mol. The van der Waals surface area contributed by atoms with Crippen LogP contribution in [0, 0.1) is 20.8 Å². The highest BCUT2D eigenvalue weighted by atomic mass is 35.5. The first-order valence-corrected chi connectivity index (χ1v) is 11.8. The molecule has 1 aliphatic rings. The third kappa shape index (κ3) is 5.00. The number of hydrogen-bond acceptors (Lipinski definition) is 3. The number of fused-ring (bicyclic) bond motifs is 1. The minimum atomic E-state index is -0.310. The first-order chi connectivity index (χ1) is 16.7. The lowest BCUT2D eigenvalue weighted by Crippen LogP contribution is -2.26. The molecule has 8 heteroatoms. The molecule has 1 aliphatic heterocycles. The molecular weight excluding hydrogens is 464 g/mol. The molecule has 3 aromatic rings. The summed E-state index contributed by atoms with van der Waals surface area (Å²) >= 11 is 5.62. The molecule has 1 aromatic heterocycles. The summed E-state index contributed by atoms with van der Waals surface area (Å²) in [5.41, 5.74) is 7.21. The van der Waals surface area contributed by atoms with Crippen LogP contribution in [-0.2, 0) is 9.59 Å². The largest absolute Gasteiger partial charge is 0.357 e. The minimum absolute atomic E-state index is 0.149. The average Bonchev–Trinajstić information content (AvgIpc) is 3.29. The highest BCUT2D eigenvalue weighted by Gasteiger charge is 2.26. The Morgan fingerprint density at radius 1 is 1.09 bits per heavy atom. The van der Waals surface area contributed by atoms with E-state index < -0.39 is 0 Å². The van der Waals surface area contributed by atoms with E-state index in [1.54, 1.807) is 24.3 Å². The standard InChI is InChI=1S/C27H27ClN4O3/c1-14-5-7-18(8-6-14)16(3)30-26(34)19-9-10-22-20(11-19)21(27(35)31-22)12-23-15(2)25(17(4)29-23)32-24(33)13-28/h5-12,16,29H,13H2,1-4H3,(H,30,34)(H,31,35)(H,32,33)/b21-12-/t16-/m1/s1. The van der Waals surface area contributed by atoms with Crippen molar-refractivity contribution in [3.05, 3.63) is 81.7 Å². The Labute approximate surface area is 209 Å². The first-order valence-electron chi connectivity index (χ1n) is 11.3. The number of anilines is 2. The second-order valence-electron chi connectivity index (χ2n) is 8.72. The van der Waals surface area contributed by atoms with Crippen molar-refractivity contribution < 1.29 is 14.4 Å². The van der Waals surface area contributed by atoms with E-state index >= 15 is 0 Å². The Kier molecular flexibility index (Phi) is 6.80. The molecule has 0 saturated heterocycles. The molecule has 4 N–H and O–H groups in total. The number of benzene rings is 2. The van der Waals surface area contributed by atoms with Gasteiger partial charge in [-0.3, -0.25) is 14.4 Å². The van der Waals surface area contributed by atoms with Gasteiger partial charge in [0.1, 0.15) is 5.88 Å². The summed E-state index contributed by atoms with van der Waals surface area (Å²) in [6.07, 6.45) is 1.73. The van der Waals surface area contributed by atoms with Gasteiger partial charge >= 0.3 is 0 Å². The summed E-state index contributed by atoms with van der Waals surface area (Å²) in [6, 6.07) is 13.0. The molecule has 2 aromatic carbocycles. The number of halogens is 1. The number of amides is 3. The summed E-state index contributed by atoms with van der Waals surface area (Å²) in [4.78, 5) is 40.7. The maximum Gasteiger partial charge on any atom is 0.256 e. The van der Waals surface area contributed by atoms with Crippen molar-refractivity contribution in [2.75, 3.05) is 16.5 Å². The lowest BCUT2D eigenvalue weighted by Gasteiger charge is -2.15. The van der Waals surface area contributed by atoms with Gasteiger partial charge in [0.05, 0.1) is 17.3 Å². The molecule has 0 aliphatic carbocycles. The zero-order chi connectivity index (χ0) is 25.3. The van der Waals surface area contributed by atoms with E-state index in [-0.39, 0.29) is 29.6 Å². The summed E-state index contributed by atoms with van der Waals surface area (Å²) < 4.78 is 0. The topological polar surface area (TPSA) is 103 Å². The summed E-state index contributed by atoms with van der Waals surface area (Å²) in [7, 11) is 0. The van der Waals surface area contributed by atoms with Crippen LogP contribution >= 0.6 is 11.6 Å². The van der Waals surface area contributed by atoms with Crippen molar-refractivity contribution in [3.8, 4) is 0 Å². The van der Waals surface area contributed by atoms with Crippen LogP contribution in [0.25, 0.3) is 11.6 Å². The average molecular weight is 491 g/mol. The molecular formula is C27H27ClN4O3. The Bertz CT molecular complexity index is 1360. The molecule has 0 fully saturated rings. The zero-order valence-corrected chi connectivity index (χ0v) is 20.8. The maximum atomic E-state index is 13.0. The summed E-state index contributed by atoms with van der Waals surface area (Å²) in [5.74, 6) is -0.944. The molecule has 7 nitrogen and oxygen atoms in total. The molecule has 4 rings (SSSR count). The van der Waals surface area contributed by atoms with E-state index in [9.17, 15) is 14.4 Å². The predicted octanol–water partition coefficient (Wildman–Crippen LogP) is 5.10. The second kappa shape index (κ2) is 9.80. The van der Waals surface area contributed by atoms with Gasteiger partial charge in [-0.2, -0.15) is 0 Å². The molecule has 0 radical (unpaired) electrons. The molecule has 3 amide bonds. The Morgan fingerprint density at radius 2 is 1.80 bits per heavy atom. The van der Waals surface area contributed by atoms with E-state index in [0.717, 1.165) is 22.4 Å². The SMILES string of the molecule is Cc1ccc([C@@H](C)NC(=O)c2ccc3c(c2)/C(=C/c2[nH]c(C)c(NC(=O)CCl)c2C)C(=O)N3)cc1. The highest BCUT2D eigenvalue weighted by Crippen LogP contribution is 2.35. The number of aromatic amines is 1. The number of rotatable bonds is 6. The smallest absolute Gasteiger partial charge is 0.256 e. The van der Waals surface area contributed by atoms with Crippen molar-refractivity contribution in [2.24, 2.45) is 0 Å². The number of carbonyl (C=O) groups excluding carboxylic acids is 3. The Hall–Kier alpha value is -3.84. The van der Waals surface area contributed by atoms with E-state index in [2.05, 4.69) is 20.9 Å². The van der Waals surface area contributed by atoms with E-state index in [1.807, 2.05) is 52.0 Å². The molecule has 0 spiro atoms. The fourth-order valence-electron chi connectivity index (χ4n) is 4.11. The highest BCUT2D eigenvalue weighted by molar-refractivity contribution is 6.35. The summed E-state index contributed by atoms with van der Waals surface area (Å²) in [6.45, 7) is 7.64. The number of H-pyrrole nitrogens is 1. The van der Waals surface area contributed by atoms with Gasteiger partial charge in [-0.25, -0.2) is 0 Å². The fraction of sp³-hybridized carbons (Fsp3) is 0.222. The molecule has 0 saturated carbocycles. The normalized spacial score (nSPS) is 14.4. The van der Waals surface area contributed by atoms with Gasteiger partial charge in [-0.05, 0) is 63.1 Å². The van der Waals surface area contributed by atoms with Crippen molar-refractivity contribution in [1.29, 1.82) is 0 Å². The van der Waals surface area contributed by atoms with Gasteiger partial charge < -0.3 is 20.9 Å². The first kappa shape index (κ1) is 24.3. The maximum absolute atomic E-state index is 13.0. The third-order valence-electron chi connectivity index (χ3n) is 6.14. The molecule has 180 valence electrons. The van der Waals surface area contributed by atoms with Crippen LogP contribution in [-0.4, -0.2) is 28.6 Å². The second-order valence-corrected chi connectivity index (χ2v) is 8.99. The van der Waals surface area contributed by atoms with Gasteiger partial charge in [0.15, 0.2) is 0 Å². The molecule has 0 bridgehead atoms. The molecule has 1 atom stereocenters. The van der Waals surface area contributed by atoms with Crippen molar-refractivity contribution in [1.82, 2.24) is 10.3 Å². The number of aromatic nitrogens is 1. The van der Waals surface area contributed by atoms with E-state index in [4.69, 9.17) is 11.6 Å². The number of aryl methyl sites for hydroxylation is 2. The molecule has 2 heterocycles. The Balaban J connectivity index is 1.61. The monoisotopic (exact) mass is 490 g/mol. The van der Waals surface area contributed by atoms with E-state index in [1.165, 1.54) is 0 Å². The van der Waals surface area contributed by atoms with Crippen LogP contribution < -0.4 is 16.0 Å². The van der Waals surface area contributed by atoms with Crippen LogP contribution in [0.5, 0.6) is 0 Å². The lowest BCUT2D eigenvalue weighted by molar-refractivity contribution is -0.114. The number of alkyl halides is 1. The number of hydrogen-bond donors (Lipinski definition) is 4. The third-order valence-corrected chi connectivity index (χ3v) is 6.38. The fourth-order valence-corrected chi connectivity index (χ4v) is 4.18. The molecule has 0 unspecified atom stereocenters. The summed E-state index contributed by atoms with van der Waals surface area (Å²) in [5, 5.41) is 8.65. The lowest BCUT2D eigenvalue weighted by atomic mass is 10.0. The van der Waals surface area contributed by atoms with Gasteiger partial charge in [0.25, 0.3) is 11.8 Å². The van der Waals surface area contributed by atoms with Crippen LogP contribution in [0.2, 0.25) is 0 Å². The van der Waals surface area contributed by atoms with Crippen LogP contribution in [0.15, 0.2) is 42.5 Å². The van der Waals surface area contributed by atoms with E-state index in [0.29, 0.717) is 33.8 Å².